The Labute approximate surface area is 181 Å². The summed E-state index contributed by atoms with van der Waals surface area (Å²) >= 11 is 0. The summed E-state index contributed by atoms with van der Waals surface area (Å²) in [7, 11) is 1.67. The maximum absolute atomic E-state index is 6.07. The van der Waals surface area contributed by atoms with E-state index in [1.54, 1.807) is 7.11 Å². The first kappa shape index (κ1) is 19.7. The minimum atomic E-state index is -0.108. The minimum Gasteiger partial charge on any atom is -0.497 e. The Hall–Kier alpha value is -3.29. The van der Waals surface area contributed by atoms with Crippen molar-refractivity contribution in [2.45, 2.75) is 19.6 Å². The molecule has 0 amide bonds. The third-order valence-corrected chi connectivity index (χ3v) is 5.65. The molecule has 158 valence electrons. The molecular formula is C24H25N5O2. The second kappa shape index (κ2) is 8.45. The summed E-state index contributed by atoms with van der Waals surface area (Å²) in [6.07, 6.45) is 1.90. The van der Waals surface area contributed by atoms with Crippen molar-refractivity contribution >= 4 is 5.52 Å². The van der Waals surface area contributed by atoms with Crippen LogP contribution in [0.2, 0.25) is 0 Å². The van der Waals surface area contributed by atoms with Gasteiger partial charge in [-0.15, -0.1) is 5.10 Å². The molecule has 1 aliphatic heterocycles. The Morgan fingerprint density at radius 2 is 1.90 bits per heavy atom. The van der Waals surface area contributed by atoms with Crippen LogP contribution in [0.4, 0.5) is 0 Å². The van der Waals surface area contributed by atoms with Crippen LogP contribution in [0.5, 0.6) is 5.75 Å². The molecule has 0 unspecified atom stereocenters. The highest BCUT2D eigenvalue weighted by molar-refractivity contribution is 5.66. The summed E-state index contributed by atoms with van der Waals surface area (Å²) in [5.74, 6) is 0.840. The molecule has 5 rings (SSSR count). The molecule has 4 heterocycles. The first-order valence-electron chi connectivity index (χ1n) is 10.5. The minimum absolute atomic E-state index is 0.108. The zero-order valence-electron chi connectivity index (χ0n) is 17.7. The summed E-state index contributed by atoms with van der Waals surface area (Å²) in [5, 5.41) is 8.83. The summed E-state index contributed by atoms with van der Waals surface area (Å²) in [4.78, 5) is 7.00. The fourth-order valence-corrected chi connectivity index (χ4v) is 4.03. The molecule has 4 aromatic rings. The van der Waals surface area contributed by atoms with Crippen molar-refractivity contribution in [3.8, 4) is 16.9 Å². The van der Waals surface area contributed by atoms with Crippen LogP contribution in [-0.2, 0) is 11.3 Å². The van der Waals surface area contributed by atoms with Gasteiger partial charge in [-0.05, 0) is 42.8 Å². The Bertz CT molecular complexity index is 1190. The number of hydrogen-bond donors (Lipinski definition) is 0. The van der Waals surface area contributed by atoms with Crippen LogP contribution in [0, 0.1) is 6.92 Å². The molecule has 0 N–H and O–H groups in total. The van der Waals surface area contributed by atoms with Crippen molar-refractivity contribution in [2.75, 3.05) is 26.8 Å². The molecule has 1 aromatic carbocycles. The zero-order chi connectivity index (χ0) is 21.2. The predicted molar refractivity (Wildman–Crippen MR) is 118 cm³/mol. The maximum atomic E-state index is 6.07. The molecule has 1 saturated heterocycles. The SMILES string of the molecule is COc1ccc(-c2ccc3c([C@H]4CN(Cc5cccc(C)n5)CCO4)nnn3c2)cc1. The van der Waals surface area contributed by atoms with Crippen LogP contribution < -0.4 is 4.74 Å². The lowest BCUT2D eigenvalue weighted by Gasteiger charge is -2.31. The topological polar surface area (TPSA) is 64.8 Å². The number of aromatic nitrogens is 4. The van der Waals surface area contributed by atoms with E-state index < -0.39 is 0 Å². The number of methoxy groups -OCH3 is 1. The van der Waals surface area contributed by atoms with E-state index in [9.17, 15) is 0 Å². The van der Waals surface area contributed by atoms with Crippen molar-refractivity contribution in [1.29, 1.82) is 0 Å². The van der Waals surface area contributed by atoms with E-state index in [1.165, 1.54) is 0 Å². The van der Waals surface area contributed by atoms with Crippen LogP contribution >= 0.6 is 0 Å². The lowest BCUT2D eigenvalue weighted by atomic mass is 10.1. The summed E-state index contributed by atoms with van der Waals surface area (Å²) in [5.41, 5.74) is 6.15. The van der Waals surface area contributed by atoms with Crippen LogP contribution in [0.25, 0.3) is 16.6 Å². The molecule has 0 saturated carbocycles. The number of nitrogens with zero attached hydrogens (tertiary/aromatic N) is 5. The van der Waals surface area contributed by atoms with Gasteiger partial charge in [0, 0.05) is 37.1 Å². The van der Waals surface area contributed by atoms with Gasteiger partial charge in [0.25, 0.3) is 0 Å². The molecule has 0 spiro atoms. The van der Waals surface area contributed by atoms with E-state index in [4.69, 9.17) is 9.47 Å². The maximum Gasteiger partial charge on any atom is 0.121 e. The lowest BCUT2D eigenvalue weighted by molar-refractivity contribution is -0.0346. The van der Waals surface area contributed by atoms with Gasteiger partial charge >= 0.3 is 0 Å². The lowest BCUT2D eigenvalue weighted by Crippen LogP contribution is -2.38. The quantitative estimate of drug-likeness (QED) is 0.495. The van der Waals surface area contributed by atoms with E-state index in [-0.39, 0.29) is 6.10 Å². The smallest absolute Gasteiger partial charge is 0.121 e. The summed E-state index contributed by atoms with van der Waals surface area (Å²) in [6.45, 7) is 5.15. The highest BCUT2D eigenvalue weighted by Gasteiger charge is 2.26. The number of ether oxygens (including phenoxy) is 2. The molecular weight excluding hydrogens is 390 g/mol. The van der Waals surface area contributed by atoms with Crippen molar-refractivity contribution in [2.24, 2.45) is 0 Å². The van der Waals surface area contributed by atoms with E-state index in [1.807, 2.05) is 48.0 Å². The van der Waals surface area contributed by atoms with Gasteiger partial charge < -0.3 is 9.47 Å². The van der Waals surface area contributed by atoms with E-state index in [2.05, 4.69) is 44.5 Å². The first-order chi connectivity index (χ1) is 15.2. The molecule has 1 aliphatic rings. The zero-order valence-corrected chi connectivity index (χ0v) is 17.7. The molecule has 7 heteroatoms. The Kier molecular flexibility index (Phi) is 5.36. The normalized spacial score (nSPS) is 17.2. The van der Waals surface area contributed by atoms with Crippen LogP contribution in [0.1, 0.15) is 23.2 Å². The van der Waals surface area contributed by atoms with Gasteiger partial charge in [-0.25, -0.2) is 4.52 Å². The number of rotatable bonds is 5. The van der Waals surface area contributed by atoms with Gasteiger partial charge in [-0.2, -0.15) is 0 Å². The molecule has 31 heavy (non-hydrogen) atoms. The third kappa shape index (κ3) is 4.15. The molecule has 1 fully saturated rings. The van der Waals surface area contributed by atoms with Crippen LogP contribution in [0.3, 0.4) is 0 Å². The highest BCUT2D eigenvalue weighted by Crippen LogP contribution is 2.28. The molecule has 1 atom stereocenters. The molecule has 3 aromatic heterocycles. The first-order valence-corrected chi connectivity index (χ1v) is 10.5. The second-order valence-corrected chi connectivity index (χ2v) is 7.82. The van der Waals surface area contributed by atoms with Gasteiger partial charge in [-0.1, -0.05) is 29.5 Å². The van der Waals surface area contributed by atoms with Crippen molar-refractivity contribution in [3.63, 3.8) is 0 Å². The number of hydrogen-bond acceptors (Lipinski definition) is 6. The molecule has 7 nitrogen and oxygen atoms in total. The van der Waals surface area contributed by atoms with Gasteiger partial charge in [0.05, 0.1) is 24.9 Å². The average molecular weight is 415 g/mol. The van der Waals surface area contributed by atoms with Gasteiger partial charge in [0.15, 0.2) is 0 Å². The fraction of sp³-hybridized carbons (Fsp3) is 0.292. The predicted octanol–water partition coefficient (Wildman–Crippen LogP) is 3.68. The van der Waals surface area contributed by atoms with E-state index in [0.717, 1.165) is 59.1 Å². The van der Waals surface area contributed by atoms with Gasteiger partial charge in [0.1, 0.15) is 17.5 Å². The summed E-state index contributed by atoms with van der Waals surface area (Å²) < 4.78 is 13.2. The van der Waals surface area contributed by atoms with Crippen LogP contribution in [-0.4, -0.2) is 51.5 Å². The Morgan fingerprint density at radius 1 is 1.06 bits per heavy atom. The van der Waals surface area contributed by atoms with Crippen LogP contribution in [0.15, 0.2) is 60.8 Å². The van der Waals surface area contributed by atoms with E-state index >= 15 is 0 Å². The fourth-order valence-electron chi connectivity index (χ4n) is 4.03. The van der Waals surface area contributed by atoms with E-state index in [0.29, 0.717) is 6.61 Å². The standard InChI is InChI=1S/C24H25N5O2/c1-17-4-3-5-20(25-17)15-28-12-13-31-23(16-28)24-22-11-8-19(14-29(22)27-26-24)18-6-9-21(30-2)10-7-18/h3-11,14,23H,12-13,15-16H2,1-2H3/t23-/m1/s1. The third-order valence-electron chi connectivity index (χ3n) is 5.65. The number of morpholine rings is 1. The van der Waals surface area contributed by atoms with Crippen molar-refractivity contribution < 1.29 is 9.47 Å². The number of benzene rings is 1. The number of aryl methyl sites for hydroxylation is 1. The van der Waals surface area contributed by atoms with Crippen molar-refractivity contribution in [3.05, 3.63) is 77.9 Å². The Balaban J connectivity index is 1.35. The number of fused-ring (bicyclic) bond motifs is 1. The average Bonchev–Trinajstić information content (AvgIpc) is 3.23. The number of pyridine rings is 2. The summed E-state index contributed by atoms with van der Waals surface area (Å²) in [6, 6.07) is 18.3. The molecule has 0 radical (unpaired) electrons. The molecule has 0 aliphatic carbocycles. The van der Waals surface area contributed by atoms with Crippen molar-refractivity contribution in [1.82, 2.24) is 24.7 Å². The Morgan fingerprint density at radius 3 is 2.71 bits per heavy atom. The molecule has 0 bridgehead atoms. The second-order valence-electron chi connectivity index (χ2n) is 7.82. The van der Waals surface area contributed by atoms with Gasteiger partial charge in [-0.3, -0.25) is 9.88 Å². The van der Waals surface area contributed by atoms with Gasteiger partial charge in [0.2, 0.25) is 0 Å². The largest absolute Gasteiger partial charge is 0.497 e. The highest BCUT2D eigenvalue weighted by atomic mass is 16.5. The monoisotopic (exact) mass is 415 g/mol.